The number of aromatic nitrogens is 5. The van der Waals surface area contributed by atoms with E-state index in [1.807, 2.05) is 81.7 Å². The lowest BCUT2D eigenvalue weighted by atomic mass is 9.97. The van der Waals surface area contributed by atoms with E-state index in [0.29, 0.717) is 18.0 Å². The minimum Gasteiger partial charge on any atom is -0.345 e. The normalized spacial score (nSPS) is 11.6. The second-order valence-corrected chi connectivity index (χ2v) is 10.4. The third-order valence-corrected chi connectivity index (χ3v) is 6.43. The molecular formula is C29H28N6O3. The first-order valence-electron chi connectivity index (χ1n) is 12.3. The van der Waals surface area contributed by atoms with E-state index >= 15 is 0 Å². The summed E-state index contributed by atoms with van der Waals surface area (Å²) in [6.07, 6.45) is 4.35. The monoisotopic (exact) mass is 508 g/mol. The van der Waals surface area contributed by atoms with Crippen LogP contribution >= 0.6 is 0 Å². The van der Waals surface area contributed by atoms with Crippen LogP contribution in [0.15, 0.2) is 59.5 Å². The molecule has 0 bridgehead atoms. The van der Waals surface area contributed by atoms with Crippen LogP contribution < -0.4 is 5.32 Å². The molecule has 2 aromatic carbocycles. The highest BCUT2D eigenvalue weighted by Crippen LogP contribution is 2.31. The van der Waals surface area contributed by atoms with Gasteiger partial charge < -0.3 is 9.84 Å². The number of hydrogen-bond acceptors (Lipinski definition) is 7. The quantitative estimate of drug-likeness (QED) is 0.317. The lowest BCUT2D eigenvalue weighted by Gasteiger charge is -2.10. The molecule has 0 aliphatic carbocycles. The SMILES string of the molecule is Cc1cc(-c2ncnn3cc(-c4ccc(C=O)cc4C)cc23)ccc1CNC(=O)c1noc(C(C)(C)C)n1. The molecule has 0 saturated carbocycles. The van der Waals surface area contributed by atoms with Crippen LogP contribution in [0.25, 0.3) is 27.9 Å². The summed E-state index contributed by atoms with van der Waals surface area (Å²) in [5.74, 6) is 0.0519. The van der Waals surface area contributed by atoms with Crippen molar-refractivity contribution < 1.29 is 14.1 Å². The fourth-order valence-electron chi connectivity index (χ4n) is 4.30. The molecular weight excluding hydrogens is 480 g/mol. The maximum Gasteiger partial charge on any atom is 0.292 e. The molecule has 5 rings (SSSR count). The zero-order valence-corrected chi connectivity index (χ0v) is 21.9. The van der Waals surface area contributed by atoms with E-state index in [2.05, 4.69) is 31.6 Å². The van der Waals surface area contributed by atoms with Gasteiger partial charge in [-0.15, -0.1) is 0 Å². The molecule has 1 N–H and O–H groups in total. The zero-order valence-electron chi connectivity index (χ0n) is 21.9. The van der Waals surface area contributed by atoms with Crippen molar-refractivity contribution in [3.8, 4) is 22.4 Å². The topological polar surface area (TPSA) is 115 Å². The lowest BCUT2D eigenvalue weighted by Crippen LogP contribution is -2.24. The molecule has 0 atom stereocenters. The van der Waals surface area contributed by atoms with Crippen LogP contribution in [0.4, 0.5) is 0 Å². The number of amides is 1. The number of benzene rings is 2. The molecule has 3 aromatic heterocycles. The van der Waals surface area contributed by atoms with Gasteiger partial charge in [0.2, 0.25) is 5.89 Å². The fraction of sp³-hybridized carbons (Fsp3) is 0.241. The first-order valence-corrected chi connectivity index (χ1v) is 12.3. The Morgan fingerprint density at radius 3 is 2.55 bits per heavy atom. The molecule has 0 radical (unpaired) electrons. The summed E-state index contributed by atoms with van der Waals surface area (Å²) in [7, 11) is 0. The Morgan fingerprint density at radius 2 is 1.87 bits per heavy atom. The van der Waals surface area contributed by atoms with Crippen molar-refractivity contribution >= 4 is 17.7 Å². The third kappa shape index (κ3) is 4.82. The summed E-state index contributed by atoms with van der Waals surface area (Å²) in [5.41, 5.74) is 7.94. The van der Waals surface area contributed by atoms with Gasteiger partial charge in [-0.25, -0.2) is 9.50 Å². The lowest BCUT2D eigenvalue weighted by molar-refractivity contribution is 0.0937. The smallest absolute Gasteiger partial charge is 0.292 e. The molecule has 9 nitrogen and oxygen atoms in total. The summed E-state index contributed by atoms with van der Waals surface area (Å²) in [4.78, 5) is 32.5. The van der Waals surface area contributed by atoms with Crippen LogP contribution in [-0.2, 0) is 12.0 Å². The summed E-state index contributed by atoms with van der Waals surface area (Å²) in [6.45, 7) is 10.1. The summed E-state index contributed by atoms with van der Waals surface area (Å²) >= 11 is 0. The number of carbonyl (C=O) groups excluding carboxylic acids is 2. The zero-order chi connectivity index (χ0) is 27.0. The van der Waals surface area contributed by atoms with Gasteiger partial charge in [0.15, 0.2) is 0 Å². The van der Waals surface area contributed by atoms with Crippen molar-refractivity contribution in [1.29, 1.82) is 0 Å². The number of rotatable bonds is 6. The van der Waals surface area contributed by atoms with Crippen molar-refractivity contribution in [2.45, 2.75) is 46.6 Å². The van der Waals surface area contributed by atoms with Crippen molar-refractivity contribution in [3.05, 3.63) is 89.0 Å². The summed E-state index contributed by atoms with van der Waals surface area (Å²) in [6, 6.07) is 13.7. The summed E-state index contributed by atoms with van der Waals surface area (Å²) < 4.78 is 7.03. The Bertz CT molecular complexity index is 1680. The molecule has 0 aliphatic rings. The van der Waals surface area contributed by atoms with E-state index in [1.165, 1.54) is 6.33 Å². The predicted octanol–water partition coefficient (Wildman–Crippen LogP) is 5.10. The van der Waals surface area contributed by atoms with E-state index in [0.717, 1.165) is 50.9 Å². The van der Waals surface area contributed by atoms with Crippen molar-refractivity contribution in [2.24, 2.45) is 0 Å². The van der Waals surface area contributed by atoms with Gasteiger partial charge in [-0.05, 0) is 54.3 Å². The van der Waals surface area contributed by atoms with E-state index < -0.39 is 0 Å². The molecule has 5 aromatic rings. The number of hydrogen-bond donors (Lipinski definition) is 1. The van der Waals surface area contributed by atoms with Crippen LogP contribution in [0.5, 0.6) is 0 Å². The molecule has 0 aliphatic heterocycles. The van der Waals surface area contributed by atoms with E-state index in [9.17, 15) is 9.59 Å². The molecule has 0 unspecified atom stereocenters. The van der Waals surface area contributed by atoms with Gasteiger partial charge in [0.25, 0.3) is 11.7 Å². The van der Waals surface area contributed by atoms with Gasteiger partial charge in [0.05, 0.1) is 11.2 Å². The Hall–Kier alpha value is -4.66. The number of carbonyl (C=O) groups is 2. The highest BCUT2D eigenvalue weighted by atomic mass is 16.5. The highest BCUT2D eigenvalue weighted by molar-refractivity contribution is 5.90. The molecule has 192 valence electrons. The van der Waals surface area contributed by atoms with Crippen molar-refractivity contribution in [2.75, 3.05) is 0 Å². The molecule has 9 heteroatoms. The number of nitrogens with one attached hydrogen (secondary N) is 1. The molecule has 1 amide bonds. The molecule has 38 heavy (non-hydrogen) atoms. The number of aryl methyl sites for hydroxylation is 2. The maximum absolute atomic E-state index is 12.6. The largest absolute Gasteiger partial charge is 0.345 e. The molecule has 0 spiro atoms. The molecule has 0 saturated heterocycles. The van der Waals surface area contributed by atoms with Crippen LogP contribution in [-0.4, -0.2) is 36.9 Å². The fourth-order valence-corrected chi connectivity index (χ4v) is 4.30. The Balaban J connectivity index is 1.38. The average Bonchev–Trinajstić information content (AvgIpc) is 3.55. The van der Waals surface area contributed by atoms with Crippen LogP contribution in [0.2, 0.25) is 0 Å². The minimum atomic E-state index is -0.387. The predicted molar refractivity (Wildman–Crippen MR) is 143 cm³/mol. The molecule has 3 heterocycles. The van der Waals surface area contributed by atoms with Crippen LogP contribution in [0.1, 0.15) is 64.3 Å². The second-order valence-electron chi connectivity index (χ2n) is 10.4. The maximum atomic E-state index is 12.6. The third-order valence-electron chi connectivity index (χ3n) is 6.43. The van der Waals surface area contributed by atoms with Gasteiger partial charge in [-0.1, -0.05) is 50.2 Å². The average molecular weight is 509 g/mol. The Kier molecular flexibility index (Phi) is 6.36. The van der Waals surface area contributed by atoms with Gasteiger partial charge >= 0.3 is 0 Å². The van der Waals surface area contributed by atoms with Crippen molar-refractivity contribution in [1.82, 2.24) is 30.1 Å². The van der Waals surface area contributed by atoms with Gasteiger partial charge in [-0.2, -0.15) is 10.1 Å². The summed E-state index contributed by atoms with van der Waals surface area (Å²) in [5, 5.41) is 11.1. The van der Waals surface area contributed by atoms with E-state index in [4.69, 9.17) is 4.52 Å². The Labute approximate surface area is 219 Å². The second kappa shape index (κ2) is 9.66. The highest BCUT2D eigenvalue weighted by Gasteiger charge is 2.24. The van der Waals surface area contributed by atoms with Crippen molar-refractivity contribution in [3.63, 3.8) is 0 Å². The standard InChI is InChI=1S/C29H28N6O3/c1-17-11-20(7-8-21(17)13-30-27(37)26-33-28(38-34-26)29(3,4)5)25-24-12-22(14-35(24)32-16-31-25)23-9-6-19(15-36)10-18(23)2/h6-12,14-16H,13H2,1-5H3,(H,30,37). The Morgan fingerprint density at radius 1 is 1.05 bits per heavy atom. The van der Waals surface area contributed by atoms with Gasteiger partial charge in [-0.3, -0.25) is 9.59 Å². The first kappa shape index (κ1) is 25.0. The minimum absolute atomic E-state index is 0.0210. The van der Waals surface area contributed by atoms with E-state index in [1.54, 1.807) is 0 Å². The number of nitrogens with zero attached hydrogens (tertiary/aromatic N) is 5. The van der Waals surface area contributed by atoms with E-state index in [-0.39, 0.29) is 17.1 Å². The first-order chi connectivity index (χ1) is 18.1. The van der Waals surface area contributed by atoms with Crippen LogP contribution in [0.3, 0.4) is 0 Å². The molecule has 0 fully saturated rings. The van der Waals surface area contributed by atoms with Gasteiger partial charge in [0.1, 0.15) is 12.6 Å². The number of fused-ring (bicyclic) bond motifs is 1. The van der Waals surface area contributed by atoms with Crippen LogP contribution in [0, 0.1) is 13.8 Å². The number of aldehydes is 1. The van der Waals surface area contributed by atoms with Gasteiger partial charge in [0, 0.05) is 34.8 Å².